The molecule has 1 aromatic rings. The average molecular weight is 378 g/mol. The van der Waals surface area contributed by atoms with Gasteiger partial charge in [-0.2, -0.15) is 0 Å². The zero-order valence-electron chi connectivity index (χ0n) is 17.3. The first-order valence-corrected chi connectivity index (χ1v) is 10.8. The van der Waals surface area contributed by atoms with Crippen LogP contribution in [0.1, 0.15) is 95.6 Å². The maximum absolute atomic E-state index is 11.9. The van der Waals surface area contributed by atoms with Crippen molar-refractivity contribution in [2.24, 2.45) is 0 Å². The molecule has 0 aromatic heterocycles. The van der Waals surface area contributed by atoms with Gasteiger partial charge in [-0.1, -0.05) is 83.3 Å². The van der Waals surface area contributed by atoms with Crippen LogP contribution in [0.3, 0.4) is 0 Å². The minimum Gasteiger partial charge on any atom is -0.497 e. The molecule has 0 aliphatic heterocycles. The van der Waals surface area contributed by atoms with Crippen LogP contribution in [-0.4, -0.2) is 24.7 Å². The lowest BCUT2D eigenvalue weighted by Gasteiger charge is -2.13. The van der Waals surface area contributed by atoms with Gasteiger partial charge in [0.25, 0.3) is 0 Å². The number of benzene rings is 1. The van der Waals surface area contributed by atoms with Crippen LogP contribution in [0, 0.1) is 0 Å². The third kappa shape index (κ3) is 11.7. The summed E-state index contributed by atoms with van der Waals surface area (Å²) in [6, 6.07) is 7.30. The first-order valence-electron chi connectivity index (χ1n) is 10.8. The van der Waals surface area contributed by atoms with E-state index in [9.17, 15) is 9.90 Å². The summed E-state index contributed by atoms with van der Waals surface area (Å²) >= 11 is 0. The molecule has 0 radical (unpaired) electrons. The molecule has 0 heterocycles. The summed E-state index contributed by atoms with van der Waals surface area (Å²) in [4.78, 5) is 11.9. The van der Waals surface area contributed by atoms with Crippen LogP contribution in [0.4, 0.5) is 0 Å². The number of aliphatic hydroxyl groups excluding tert-OH is 1. The van der Waals surface area contributed by atoms with Gasteiger partial charge in [0.2, 0.25) is 5.91 Å². The number of aliphatic hydroxyl groups is 1. The molecule has 1 aromatic carbocycles. The van der Waals surface area contributed by atoms with Gasteiger partial charge >= 0.3 is 0 Å². The van der Waals surface area contributed by atoms with Gasteiger partial charge in [-0.25, -0.2) is 0 Å². The summed E-state index contributed by atoms with van der Waals surface area (Å²) in [6.07, 6.45) is 13.9. The number of carbonyl (C=O) groups is 1. The highest BCUT2D eigenvalue weighted by molar-refractivity contribution is 5.75. The first kappa shape index (κ1) is 23.5. The Labute approximate surface area is 165 Å². The van der Waals surface area contributed by atoms with E-state index in [0.29, 0.717) is 12.2 Å². The lowest BCUT2D eigenvalue weighted by atomic mass is 10.1. The van der Waals surface area contributed by atoms with Gasteiger partial charge < -0.3 is 15.2 Å². The number of amides is 1. The minimum absolute atomic E-state index is 0.0212. The Hall–Kier alpha value is -1.55. The van der Waals surface area contributed by atoms with Crippen LogP contribution in [0.5, 0.6) is 5.75 Å². The molecule has 4 nitrogen and oxygen atoms in total. The molecule has 0 saturated heterocycles. The number of hydrogen-bond acceptors (Lipinski definition) is 3. The molecule has 0 aliphatic carbocycles. The van der Waals surface area contributed by atoms with E-state index in [1.165, 1.54) is 57.8 Å². The van der Waals surface area contributed by atoms with Crippen LogP contribution in [0.25, 0.3) is 0 Å². The van der Waals surface area contributed by atoms with Gasteiger partial charge in [0, 0.05) is 13.0 Å². The molecule has 0 bridgehead atoms. The van der Waals surface area contributed by atoms with Gasteiger partial charge in [0.1, 0.15) is 5.75 Å². The monoisotopic (exact) mass is 377 g/mol. The van der Waals surface area contributed by atoms with Crippen LogP contribution >= 0.6 is 0 Å². The lowest BCUT2D eigenvalue weighted by Crippen LogP contribution is -2.28. The summed E-state index contributed by atoms with van der Waals surface area (Å²) in [5.74, 6) is 0.728. The predicted molar refractivity (Wildman–Crippen MR) is 112 cm³/mol. The highest BCUT2D eigenvalue weighted by atomic mass is 16.5. The highest BCUT2D eigenvalue weighted by Gasteiger charge is 2.10. The molecular weight excluding hydrogens is 338 g/mol. The van der Waals surface area contributed by atoms with Crippen molar-refractivity contribution in [3.8, 4) is 5.75 Å². The fourth-order valence-electron chi connectivity index (χ4n) is 3.22. The SMILES string of the molecule is CCCCCCCCCCCCCC(=O)NCC(O)c1cccc(OC)c1. The molecule has 2 N–H and O–H groups in total. The predicted octanol–water partition coefficient (Wildman–Crippen LogP) is 5.55. The molecule has 1 atom stereocenters. The summed E-state index contributed by atoms with van der Waals surface area (Å²) in [5, 5.41) is 13.0. The van der Waals surface area contributed by atoms with Crippen molar-refractivity contribution in [3.05, 3.63) is 29.8 Å². The summed E-state index contributed by atoms with van der Waals surface area (Å²) in [7, 11) is 1.60. The molecule has 27 heavy (non-hydrogen) atoms. The molecule has 1 unspecified atom stereocenters. The Kier molecular flexibility index (Phi) is 13.5. The van der Waals surface area contributed by atoms with Gasteiger partial charge in [-0.3, -0.25) is 4.79 Å². The number of rotatable bonds is 16. The van der Waals surface area contributed by atoms with Crippen molar-refractivity contribution in [1.29, 1.82) is 0 Å². The van der Waals surface area contributed by atoms with Gasteiger partial charge in [-0.05, 0) is 24.1 Å². The van der Waals surface area contributed by atoms with Crippen molar-refractivity contribution in [3.63, 3.8) is 0 Å². The standard InChI is InChI=1S/C23H39NO3/c1-3-4-5-6-7-8-9-10-11-12-13-17-23(26)24-19-22(25)20-15-14-16-21(18-20)27-2/h14-16,18,22,25H,3-13,17,19H2,1-2H3,(H,24,26). The maximum Gasteiger partial charge on any atom is 0.220 e. The first-order chi connectivity index (χ1) is 13.2. The third-order valence-electron chi connectivity index (χ3n) is 4.98. The normalized spacial score (nSPS) is 12.0. The Morgan fingerprint density at radius 3 is 2.19 bits per heavy atom. The van der Waals surface area contributed by atoms with E-state index in [0.717, 1.165) is 18.4 Å². The highest BCUT2D eigenvalue weighted by Crippen LogP contribution is 2.18. The topological polar surface area (TPSA) is 58.6 Å². The number of ether oxygens (including phenoxy) is 1. The van der Waals surface area contributed by atoms with Crippen molar-refractivity contribution in [2.45, 2.75) is 90.1 Å². The van der Waals surface area contributed by atoms with Crippen LogP contribution in [-0.2, 0) is 4.79 Å². The van der Waals surface area contributed by atoms with Gasteiger partial charge in [0.15, 0.2) is 0 Å². The zero-order chi connectivity index (χ0) is 19.7. The molecule has 4 heteroatoms. The molecule has 0 fully saturated rings. The summed E-state index contributed by atoms with van der Waals surface area (Å²) in [6.45, 7) is 2.49. The summed E-state index contributed by atoms with van der Waals surface area (Å²) < 4.78 is 5.15. The number of carbonyl (C=O) groups excluding carboxylic acids is 1. The number of unbranched alkanes of at least 4 members (excludes halogenated alkanes) is 10. The number of methoxy groups -OCH3 is 1. The third-order valence-corrected chi connectivity index (χ3v) is 4.98. The van der Waals surface area contributed by atoms with Crippen molar-refractivity contribution < 1.29 is 14.6 Å². The largest absolute Gasteiger partial charge is 0.497 e. The van der Waals surface area contributed by atoms with Crippen molar-refractivity contribution in [1.82, 2.24) is 5.32 Å². The van der Waals surface area contributed by atoms with E-state index in [1.807, 2.05) is 18.2 Å². The van der Waals surface area contributed by atoms with E-state index in [2.05, 4.69) is 12.2 Å². The molecule has 0 saturated carbocycles. The fraction of sp³-hybridized carbons (Fsp3) is 0.696. The number of hydrogen-bond donors (Lipinski definition) is 2. The van der Waals surface area contributed by atoms with Crippen LogP contribution in [0.2, 0.25) is 0 Å². The van der Waals surface area contributed by atoms with Crippen molar-refractivity contribution >= 4 is 5.91 Å². The van der Waals surface area contributed by atoms with E-state index < -0.39 is 6.10 Å². The van der Waals surface area contributed by atoms with Gasteiger partial charge in [0.05, 0.1) is 13.2 Å². The molecule has 1 rings (SSSR count). The van der Waals surface area contributed by atoms with Crippen LogP contribution in [0.15, 0.2) is 24.3 Å². The second-order valence-corrected chi connectivity index (χ2v) is 7.38. The quantitative estimate of drug-likeness (QED) is 0.372. The molecule has 0 spiro atoms. The van der Waals surface area contributed by atoms with E-state index in [4.69, 9.17) is 4.74 Å². The molecular formula is C23H39NO3. The fourth-order valence-corrected chi connectivity index (χ4v) is 3.22. The lowest BCUT2D eigenvalue weighted by molar-refractivity contribution is -0.121. The Balaban J connectivity index is 1.99. The van der Waals surface area contributed by atoms with Crippen LogP contribution < -0.4 is 10.1 Å². The second-order valence-electron chi connectivity index (χ2n) is 7.38. The molecule has 154 valence electrons. The van der Waals surface area contributed by atoms with Crippen molar-refractivity contribution in [2.75, 3.05) is 13.7 Å². The maximum atomic E-state index is 11.9. The minimum atomic E-state index is -0.707. The average Bonchev–Trinajstić information content (AvgIpc) is 2.70. The zero-order valence-corrected chi connectivity index (χ0v) is 17.3. The van der Waals surface area contributed by atoms with E-state index >= 15 is 0 Å². The van der Waals surface area contributed by atoms with E-state index in [-0.39, 0.29) is 12.5 Å². The second kappa shape index (κ2) is 15.5. The molecule has 0 aliphatic rings. The Bertz CT molecular complexity index is 504. The smallest absolute Gasteiger partial charge is 0.220 e. The Morgan fingerprint density at radius 2 is 1.59 bits per heavy atom. The molecule has 1 amide bonds. The Morgan fingerprint density at radius 1 is 1.00 bits per heavy atom. The van der Waals surface area contributed by atoms with Gasteiger partial charge in [-0.15, -0.1) is 0 Å². The number of nitrogens with one attached hydrogen (secondary N) is 1. The summed E-state index contributed by atoms with van der Waals surface area (Å²) in [5.41, 5.74) is 0.754. The van der Waals surface area contributed by atoms with E-state index in [1.54, 1.807) is 13.2 Å².